The van der Waals surface area contributed by atoms with E-state index in [9.17, 15) is 18.0 Å². The molecule has 1 aliphatic heterocycles. The summed E-state index contributed by atoms with van der Waals surface area (Å²) >= 11 is 0. The average molecular weight is 433 g/mol. The van der Waals surface area contributed by atoms with Gasteiger partial charge in [0, 0.05) is 6.04 Å². The van der Waals surface area contributed by atoms with Crippen LogP contribution in [0.1, 0.15) is 23.8 Å². The first kappa shape index (κ1) is 21.8. The third-order valence-electron chi connectivity index (χ3n) is 5.36. The molecule has 30 heavy (non-hydrogen) atoms. The molecule has 9 heteroatoms. The zero-order valence-corrected chi connectivity index (χ0v) is 17.7. The van der Waals surface area contributed by atoms with Crippen molar-refractivity contribution in [3.63, 3.8) is 0 Å². The molecule has 160 valence electrons. The topological polar surface area (TPSA) is 103 Å². The summed E-state index contributed by atoms with van der Waals surface area (Å²) in [6.45, 7) is 5.56. The standard InChI is InChI=1S/C21H23NO7S/c1-5-15-13-21(19(23)27-3,20(24)28-4)18(17-7-6-12-29-17)22(15)30(25,26)16-10-8-14(2)9-11-16/h5-12,15,18H,1,13H2,2-4H3/t15-,18+/m0/s1. The number of hydrogen-bond donors (Lipinski definition) is 0. The Kier molecular flexibility index (Phi) is 5.87. The summed E-state index contributed by atoms with van der Waals surface area (Å²) in [4.78, 5) is 25.9. The molecule has 0 saturated carbocycles. The lowest BCUT2D eigenvalue weighted by Gasteiger charge is -2.32. The number of ether oxygens (including phenoxy) is 2. The molecule has 0 N–H and O–H groups in total. The van der Waals surface area contributed by atoms with Crippen molar-refractivity contribution in [3.8, 4) is 0 Å². The molecule has 1 aliphatic rings. The van der Waals surface area contributed by atoms with E-state index in [2.05, 4.69) is 6.58 Å². The lowest BCUT2D eigenvalue weighted by atomic mass is 9.78. The Labute approximate surface area is 175 Å². The highest BCUT2D eigenvalue weighted by Crippen LogP contribution is 2.54. The number of carbonyl (C=O) groups excluding carboxylic acids is 2. The van der Waals surface area contributed by atoms with Crippen molar-refractivity contribution >= 4 is 22.0 Å². The molecule has 0 radical (unpaired) electrons. The molecule has 0 bridgehead atoms. The summed E-state index contributed by atoms with van der Waals surface area (Å²) in [5.41, 5.74) is -1.07. The number of rotatable bonds is 6. The third kappa shape index (κ3) is 3.23. The second-order valence-corrected chi connectivity index (χ2v) is 8.87. The van der Waals surface area contributed by atoms with Crippen LogP contribution >= 0.6 is 0 Å². The van der Waals surface area contributed by atoms with Gasteiger partial charge in [-0.2, -0.15) is 4.31 Å². The van der Waals surface area contributed by atoms with Crippen LogP contribution in [0, 0.1) is 12.3 Å². The molecule has 1 saturated heterocycles. The van der Waals surface area contributed by atoms with Crippen LogP contribution in [0.25, 0.3) is 0 Å². The maximum atomic E-state index is 13.7. The Hall–Kier alpha value is -2.91. The quantitative estimate of drug-likeness (QED) is 0.392. The van der Waals surface area contributed by atoms with Gasteiger partial charge in [-0.15, -0.1) is 6.58 Å². The van der Waals surface area contributed by atoms with Crippen LogP contribution in [0.3, 0.4) is 0 Å². The molecule has 0 amide bonds. The fraction of sp³-hybridized carbons (Fsp3) is 0.333. The lowest BCUT2D eigenvalue weighted by molar-refractivity contribution is -0.171. The van der Waals surface area contributed by atoms with Crippen molar-refractivity contribution in [3.05, 3.63) is 66.6 Å². The maximum Gasteiger partial charge on any atom is 0.325 e. The van der Waals surface area contributed by atoms with Crippen LogP contribution < -0.4 is 0 Å². The summed E-state index contributed by atoms with van der Waals surface area (Å²) in [5, 5.41) is 0. The molecule has 8 nitrogen and oxygen atoms in total. The van der Waals surface area contributed by atoms with E-state index < -0.39 is 39.5 Å². The highest BCUT2D eigenvalue weighted by molar-refractivity contribution is 7.89. The van der Waals surface area contributed by atoms with E-state index in [1.165, 1.54) is 30.5 Å². The normalized spacial score (nSPS) is 21.2. The van der Waals surface area contributed by atoms with Crippen molar-refractivity contribution in [2.24, 2.45) is 5.41 Å². The van der Waals surface area contributed by atoms with E-state index in [4.69, 9.17) is 13.9 Å². The number of furan rings is 1. The summed E-state index contributed by atoms with van der Waals surface area (Å²) in [6.07, 6.45) is 2.52. The van der Waals surface area contributed by atoms with E-state index >= 15 is 0 Å². The molecule has 1 aromatic heterocycles. The number of benzene rings is 1. The van der Waals surface area contributed by atoms with Crippen molar-refractivity contribution in [1.82, 2.24) is 4.31 Å². The summed E-state index contributed by atoms with van der Waals surface area (Å²) in [7, 11) is -1.90. The Morgan fingerprint density at radius 2 is 1.77 bits per heavy atom. The molecule has 1 fully saturated rings. The fourth-order valence-corrected chi connectivity index (χ4v) is 5.73. The third-order valence-corrected chi connectivity index (χ3v) is 7.26. The number of aryl methyl sites for hydroxylation is 1. The van der Waals surface area contributed by atoms with Crippen molar-refractivity contribution in [2.75, 3.05) is 14.2 Å². The lowest BCUT2D eigenvalue weighted by Crippen LogP contribution is -2.47. The predicted molar refractivity (Wildman–Crippen MR) is 107 cm³/mol. The summed E-state index contributed by atoms with van der Waals surface area (Å²) < 4.78 is 43.7. The fourth-order valence-electron chi connectivity index (χ4n) is 3.93. The largest absolute Gasteiger partial charge is 0.468 e. The van der Waals surface area contributed by atoms with E-state index in [0.29, 0.717) is 0 Å². The van der Waals surface area contributed by atoms with E-state index in [1.807, 2.05) is 6.92 Å². The second kappa shape index (κ2) is 8.08. The van der Waals surface area contributed by atoms with Gasteiger partial charge >= 0.3 is 11.9 Å². The van der Waals surface area contributed by atoms with Crippen LogP contribution in [0.4, 0.5) is 0 Å². The number of hydrogen-bond acceptors (Lipinski definition) is 7. The molecular weight excluding hydrogens is 410 g/mol. The monoisotopic (exact) mass is 433 g/mol. The highest BCUT2D eigenvalue weighted by atomic mass is 32.2. The number of esters is 2. The number of nitrogens with zero attached hydrogens (tertiary/aromatic N) is 1. The minimum atomic E-state index is -4.16. The van der Waals surface area contributed by atoms with Crippen LogP contribution in [-0.2, 0) is 29.1 Å². The van der Waals surface area contributed by atoms with Gasteiger partial charge in [0.15, 0.2) is 5.41 Å². The first-order valence-electron chi connectivity index (χ1n) is 9.17. The molecule has 1 aromatic carbocycles. The van der Waals surface area contributed by atoms with E-state index in [1.54, 1.807) is 18.2 Å². The summed E-state index contributed by atoms with van der Waals surface area (Å²) in [6, 6.07) is 7.14. The van der Waals surface area contributed by atoms with Crippen molar-refractivity contribution < 1.29 is 31.9 Å². The Bertz CT molecular complexity index is 1030. The van der Waals surface area contributed by atoms with Gasteiger partial charge in [-0.1, -0.05) is 23.8 Å². The van der Waals surface area contributed by atoms with E-state index in [0.717, 1.165) is 24.1 Å². The smallest absolute Gasteiger partial charge is 0.325 e. The van der Waals surface area contributed by atoms with Gasteiger partial charge in [0.05, 0.1) is 25.4 Å². The predicted octanol–water partition coefficient (Wildman–Crippen LogP) is 2.61. The van der Waals surface area contributed by atoms with Crippen molar-refractivity contribution in [2.45, 2.75) is 30.3 Å². The van der Waals surface area contributed by atoms with Gasteiger partial charge < -0.3 is 13.9 Å². The first-order chi connectivity index (χ1) is 14.2. The van der Waals surface area contributed by atoms with Gasteiger partial charge in [-0.05, 0) is 37.6 Å². The van der Waals surface area contributed by atoms with Crippen LogP contribution in [0.15, 0.2) is 64.6 Å². The molecule has 2 atom stereocenters. The molecule has 0 spiro atoms. The highest BCUT2D eigenvalue weighted by Gasteiger charge is 2.67. The SMILES string of the molecule is C=C[C@H]1CC(C(=O)OC)(C(=O)OC)[C@@H](c2ccco2)N1S(=O)(=O)c1ccc(C)cc1. The van der Waals surface area contributed by atoms with Gasteiger partial charge in [0.1, 0.15) is 11.8 Å². The molecule has 0 unspecified atom stereocenters. The molecule has 3 rings (SSSR count). The Balaban J connectivity index is 2.29. The minimum absolute atomic E-state index is 0.0158. The Morgan fingerprint density at radius 1 is 1.17 bits per heavy atom. The molecular formula is C21H23NO7S. The van der Waals surface area contributed by atoms with Crippen LogP contribution in [-0.4, -0.2) is 44.9 Å². The zero-order valence-electron chi connectivity index (χ0n) is 16.9. The molecule has 0 aliphatic carbocycles. The van der Waals surface area contributed by atoms with Crippen LogP contribution in [0.5, 0.6) is 0 Å². The van der Waals surface area contributed by atoms with Crippen LogP contribution in [0.2, 0.25) is 0 Å². The first-order valence-corrected chi connectivity index (χ1v) is 10.6. The number of sulfonamides is 1. The minimum Gasteiger partial charge on any atom is -0.468 e. The zero-order chi connectivity index (χ0) is 22.1. The summed E-state index contributed by atoms with van der Waals surface area (Å²) in [5.74, 6) is -1.71. The maximum absolute atomic E-state index is 13.7. The second-order valence-electron chi connectivity index (χ2n) is 7.03. The van der Waals surface area contributed by atoms with Gasteiger partial charge in [-0.3, -0.25) is 9.59 Å². The van der Waals surface area contributed by atoms with Gasteiger partial charge in [-0.25, -0.2) is 8.42 Å². The molecule has 2 heterocycles. The number of carbonyl (C=O) groups is 2. The Morgan fingerprint density at radius 3 is 2.23 bits per heavy atom. The average Bonchev–Trinajstić information content (AvgIpc) is 3.39. The van der Waals surface area contributed by atoms with E-state index in [-0.39, 0.29) is 17.1 Å². The number of methoxy groups -OCH3 is 2. The van der Waals surface area contributed by atoms with Gasteiger partial charge in [0.25, 0.3) is 0 Å². The van der Waals surface area contributed by atoms with Crippen molar-refractivity contribution in [1.29, 1.82) is 0 Å². The molecule has 2 aromatic rings. The van der Waals surface area contributed by atoms with Gasteiger partial charge in [0.2, 0.25) is 10.0 Å².